The van der Waals surface area contributed by atoms with Crippen LogP contribution in [0, 0.1) is 5.82 Å². The van der Waals surface area contributed by atoms with Crippen molar-refractivity contribution >= 4 is 17.3 Å². The molecule has 0 bridgehead atoms. The number of nitrogens with one attached hydrogen (secondary N) is 1. The molecule has 0 aliphatic rings. The van der Waals surface area contributed by atoms with Crippen LogP contribution in [0.2, 0.25) is 5.02 Å². The normalized spacial score (nSPS) is 12.8. The van der Waals surface area contributed by atoms with Crippen LogP contribution in [0.4, 0.5) is 10.1 Å². The van der Waals surface area contributed by atoms with E-state index >= 15 is 0 Å². The molecule has 0 saturated heterocycles. The van der Waals surface area contributed by atoms with Gasteiger partial charge in [-0.1, -0.05) is 25.4 Å². The lowest BCUT2D eigenvalue weighted by Crippen LogP contribution is -2.35. The summed E-state index contributed by atoms with van der Waals surface area (Å²) in [7, 11) is 0. The minimum atomic E-state index is -0.483. The molecule has 0 spiro atoms. The second-order valence-corrected chi connectivity index (χ2v) is 4.56. The van der Waals surface area contributed by atoms with E-state index in [-0.39, 0.29) is 5.02 Å². The molecule has 1 rings (SSSR count). The van der Waals surface area contributed by atoms with Crippen molar-refractivity contribution in [1.29, 1.82) is 0 Å². The van der Waals surface area contributed by atoms with Crippen molar-refractivity contribution in [3.8, 4) is 0 Å². The van der Waals surface area contributed by atoms with E-state index in [0.717, 1.165) is 13.1 Å². The van der Waals surface area contributed by atoms with E-state index < -0.39 is 11.9 Å². The van der Waals surface area contributed by atoms with Gasteiger partial charge in [0.2, 0.25) is 0 Å². The van der Waals surface area contributed by atoms with E-state index in [2.05, 4.69) is 24.1 Å². The van der Waals surface area contributed by atoms with Crippen LogP contribution in [0.1, 0.15) is 13.8 Å². The van der Waals surface area contributed by atoms with Gasteiger partial charge in [0.25, 0.3) is 0 Å². The second-order valence-electron chi connectivity index (χ2n) is 4.15. The molecule has 18 heavy (non-hydrogen) atoms. The zero-order valence-corrected chi connectivity index (χ0v) is 11.5. The number of benzene rings is 1. The third kappa shape index (κ3) is 4.80. The molecule has 3 nitrogen and oxygen atoms in total. The summed E-state index contributed by atoms with van der Waals surface area (Å²) in [5.74, 6) is -0.458. The van der Waals surface area contributed by atoms with Crippen LogP contribution in [0.25, 0.3) is 0 Å². The first-order valence-corrected chi connectivity index (χ1v) is 6.54. The Morgan fingerprint density at radius 2 is 2.06 bits per heavy atom. The van der Waals surface area contributed by atoms with E-state index in [4.69, 9.17) is 11.6 Å². The Morgan fingerprint density at radius 1 is 1.39 bits per heavy atom. The largest absolute Gasteiger partial charge is 0.390 e. The molecule has 0 fully saturated rings. The van der Waals surface area contributed by atoms with E-state index in [9.17, 15) is 9.50 Å². The predicted molar refractivity (Wildman–Crippen MR) is 73.7 cm³/mol. The standard InChI is InChI=1S/C13H20ClFN2O/c1-3-17(4-2)9-11(18)8-16-10-5-6-12(14)13(15)7-10/h5-7,11,16,18H,3-4,8-9H2,1-2H3. The van der Waals surface area contributed by atoms with Crippen LogP contribution in [-0.2, 0) is 0 Å². The Bertz CT molecular complexity index is 372. The van der Waals surface area contributed by atoms with Crippen LogP contribution >= 0.6 is 11.6 Å². The lowest BCUT2D eigenvalue weighted by molar-refractivity contribution is 0.128. The molecule has 102 valence electrons. The first-order chi connectivity index (χ1) is 8.56. The van der Waals surface area contributed by atoms with E-state index in [1.165, 1.54) is 12.1 Å². The number of rotatable bonds is 7. The fourth-order valence-corrected chi connectivity index (χ4v) is 1.80. The van der Waals surface area contributed by atoms with Gasteiger partial charge in [-0.2, -0.15) is 0 Å². The third-order valence-electron chi connectivity index (χ3n) is 2.82. The maximum absolute atomic E-state index is 13.2. The van der Waals surface area contributed by atoms with E-state index in [0.29, 0.717) is 18.8 Å². The van der Waals surface area contributed by atoms with E-state index in [1.807, 2.05) is 0 Å². The van der Waals surface area contributed by atoms with Gasteiger partial charge < -0.3 is 15.3 Å². The molecule has 0 aromatic heterocycles. The summed E-state index contributed by atoms with van der Waals surface area (Å²) in [5, 5.41) is 12.9. The topological polar surface area (TPSA) is 35.5 Å². The van der Waals surface area contributed by atoms with Crippen molar-refractivity contribution in [1.82, 2.24) is 4.90 Å². The molecular weight excluding hydrogens is 255 g/mol. The summed E-state index contributed by atoms with van der Waals surface area (Å²) in [6.45, 7) is 6.91. The molecule has 0 aliphatic carbocycles. The highest BCUT2D eigenvalue weighted by atomic mass is 35.5. The quantitative estimate of drug-likeness (QED) is 0.802. The highest BCUT2D eigenvalue weighted by molar-refractivity contribution is 6.30. The summed E-state index contributed by atoms with van der Waals surface area (Å²) in [6.07, 6.45) is -0.483. The Balaban J connectivity index is 2.42. The van der Waals surface area contributed by atoms with Crippen LogP contribution in [-0.4, -0.2) is 42.3 Å². The summed E-state index contributed by atoms with van der Waals surface area (Å²) in [5.41, 5.74) is 0.621. The second kappa shape index (κ2) is 7.56. The van der Waals surface area contributed by atoms with Crippen LogP contribution in [0.15, 0.2) is 18.2 Å². The van der Waals surface area contributed by atoms with Gasteiger partial charge in [-0.25, -0.2) is 4.39 Å². The first-order valence-electron chi connectivity index (χ1n) is 6.16. The lowest BCUT2D eigenvalue weighted by atomic mass is 10.2. The highest BCUT2D eigenvalue weighted by Crippen LogP contribution is 2.18. The SMILES string of the molecule is CCN(CC)CC(O)CNc1ccc(Cl)c(F)c1. The summed E-state index contributed by atoms with van der Waals surface area (Å²) in [4.78, 5) is 2.13. The van der Waals surface area contributed by atoms with Crippen molar-refractivity contribution in [3.63, 3.8) is 0 Å². The average Bonchev–Trinajstić information content (AvgIpc) is 2.37. The molecule has 1 unspecified atom stereocenters. The van der Waals surface area contributed by atoms with Crippen molar-refractivity contribution in [3.05, 3.63) is 29.0 Å². The van der Waals surface area contributed by atoms with Gasteiger partial charge in [-0.15, -0.1) is 0 Å². The summed E-state index contributed by atoms with van der Waals surface area (Å²) >= 11 is 5.59. The maximum atomic E-state index is 13.2. The number of likely N-dealkylation sites (N-methyl/N-ethyl adjacent to an activating group) is 1. The Morgan fingerprint density at radius 3 is 2.61 bits per heavy atom. The fraction of sp³-hybridized carbons (Fsp3) is 0.538. The summed E-state index contributed by atoms with van der Waals surface area (Å²) in [6, 6.07) is 4.51. The van der Waals surface area contributed by atoms with Crippen molar-refractivity contribution in [2.45, 2.75) is 20.0 Å². The van der Waals surface area contributed by atoms with Gasteiger partial charge in [0, 0.05) is 18.8 Å². The molecule has 1 aromatic carbocycles. The predicted octanol–water partition coefficient (Wildman–Crippen LogP) is 2.59. The van der Waals surface area contributed by atoms with Gasteiger partial charge in [0.05, 0.1) is 11.1 Å². The van der Waals surface area contributed by atoms with Crippen molar-refractivity contribution < 1.29 is 9.50 Å². The van der Waals surface area contributed by atoms with Crippen LogP contribution < -0.4 is 5.32 Å². The molecule has 1 aromatic rings. The van der Waals surface area contributed by atoms with Gasteiger partial charge in [-0.3, -0.25) is 0 Å². The lowest BCUT2D eigenvalue weighted by Gasteiger charge is -2.22. The zero-order chi connectivity index (χ0) is 13.5. The molecule has 5 heteroatoms. The summed E-state index contributed by atoms with van der Waals surface area (Å²) < 4.78 is 13.2. The zero-order valence-electron chi connectivity index (χ0n) is 10.8. The number of hydrogen-bond donors (Lipinski definition) is 2. The van der Waals surface area contributed by atoms with Crippen LogP contribution in [0.3, 0.4) is 0 Å². The molecule has 0 aliphatic heterocycles. The maximum Gasteiger partial charge on any atom is 0.143 e. The Kier molecular flexibility index (Phi) is 6.39. The van der Waals surface area contributed by atoms with E-state index in [1.54, 1.807) is 6.07 Å². The number of halogens is 2. The molecule has 0 radical (unpaired) electrons. The number of anilines is 1. The van der Waals surface area contributed by atoms with Gasteiger partial charge >= 0.3 is 0 Å². The molecular formula is C13H20ClFN2O. The molecule has 0 heterocycles. The Hall–Kier alpha value is -0.840. The molecule has 0 amide bonds. The highest BCUT2D eigenvalue weighted by Gasteiger charge is 2.09. The molecule has 2 N–H and O–H groups in total. The van der Waals surface area contributed by atoms with Gasteiger partial charge in [-0.05, 0) is 31.3 Å². The van der Waals surface area contributed by atoms with Crippen molar-refractivity contribution in [2.75, 3.05) is 31.5 Å². The molecule has 1 atom stereocenters. The number of nitrogens with zero attached hydrogens (tertiary/aromatic N) is 1. The number of aliphatic hydroxyl groups is 1. The number of aliphatic hydroxyl groups excluding tert-OH is 1. The fourth-order valence-electron chi connectivity index (χ4n) is 1.69. The molecule has 0 saturated carbocycles. The number of hydrogen-bond acceptors (Lipinski definition) is 3. The monoisotopic (exact) mass is 274 g/mol. The van der Waals surface area contributed by atoms with Gasteiger partial charge in [0.1, 0.15) is 5.82 Å². The average molecular weight is 275 g/mol. The smallest absolute Gasteiger partial charge is 0.143 e. The van der Waals surface area contributed by atoms with Gasteiger partial charge in [0.15, 0.2) is 0 Å². The third-order valence-corrected chi connectivity index (χ3v) is 3.13. The minimum absolute atomic E-state index is 0.101. The first kappa shape index (κ1) is 15.2. The van der Waals surface area contributed by atoms with Crippen LogP contribution in [0.5, 0.6) is 0 Å². The minimum Gasteiger partial charge on any atom is -0.390 e. The van der Waals surface area contributed by atoms with Crippen molar-refractivity contribution in [2.24, 2.45) is 0 Å². The Labute approximate surface area is 113 Å².